The van der Waals surface area contributed by atoms with Gasteiger partial charge in [0.05, 0.1) is 30.2 Å². The van der Waals surface area contributed by atoms with Crippen LogP contribution in [0.2, 0.25) is 0 Å². The molecule has 2 rings (SSSR count). The highest BCUT2D eigenvalue weighted by Gasteiger charge is 2.48. The largest absolute Gasteiger partial charge is 0.460 e. The number of esters is 2. The summed E-state index contributed by atoms with van der Waals surface area (Å²) in [6.07, 6.45) is 3.84. The lowest BCUT2D eigenvalue weighted by molar-refractivity contribution is -0.156. The topological polar surface area (TPSA) is 126 Å². The van der Waals surface area contributed by atoms with E-state index in [1.807, 2.05) is 41.5 Å². The number of nitrogens with two attached hydrogens (primary N) is 1. The molecule has 0 aliphatic heterocycles. The van der Waals surface area contributed by atoms with Crippen molar-refractivity contribution in [1.29, 1.82) is 10.7 Å². The van der Waals surface area contributed by atoms with Gasteiger partial charge in [0.2, 0.25) is 0 Å². The van der Waals surface area contributed by atoms with Gasteiger partial charge >= 0.3 is 11.9 Å². The zero-order valence-electron chi connectivity index (χ0n) is 17.8. The van der Waals surface area contributed by atoms with Gasteiger partial charge in [-0.2, -0.15) is 5.26 Å². The Hall–Kier alpha value is -1.81. The van der Waals surface area contributed by atoms with Crippen molar-refractivity contribution < 1.29 is 19.1 Å². The summed E-state index contributed by atoms with van der Waals surface area (Å²) in [7, 11) is 0. The number of hydrogen-bond acceptors (Lipinski definition) is 6. The van der Waals surface area contributed by atoms with Gasteiger partial charge in [-0.15, -0.1) is 12.4 Å². The van der Waals surface area contributed by atoms with E-state index in [9.17, 15) is 9.59 Å². The first kappa shape index (κ1) is 26.2. The van der Waals surface area contributed by atoms with Crippen LogP contribution in [-0.4, -0.2) is 29.0 Å². The van der Waals surface area contributed by atoms with Gasteiger partial charge in [0.25, 0.3) is 0 Å². The molecule has 0 atom stereocenters. The molecule has 7 nitrogen and oxygen atoms in total. The lowest BCUT2D eigenvalue weighted by atomic mass is 10.0. The number of rotatable bonds is 5. The van der Waals surface area contributed by atoms with Crippen LogP contribution in [0, 0.1) is 27.6 Å². The van der Waals surface area contributed by atoms with Crippen molar-refractivity contribution in [3.8, 4) is 6.07 Å². The summed E-state index contributed by atoms with van der Waals surface area (Å²) in [5, 5.41) is 16.1. The van der Waals surface area contributed by atoms with Crippen LogP contribution in [0.15, 0.2) is 0 Å². The second-order valence-electron chi connectivity index (χ2n) is 9.61. The maximum absolute atomic E-state index is 11.4. The zero-order valence-corrected chi connectivity index (χ0v) is 18.6. The Labute approximate surface area is 174 Å². The normalized spacial score (nSPS) is 18.2. The summed E-state index contributed by atoms with van der Waals surface area (Å²) in [6.45, 7) is 11.0. The number of carbonyl (C=O) groups excluding carboxylic acids is 2. The van der Waals surface area contributed by atoms with Crippen LogP contribution in [0.1, 0.15) is 80.1 Å². The van der Waals surface area contributed by atoms with Gasteiger partial charge in [0.1, 0.15) is 11.2 Å². The van der Waals surface area contributed by atoms with Crippen LogP contribution in [0.5, 0.6) is 0 Å². The van der Waals surface area contributed by atoms with E-state index >= 15 is 0 Å². The highest BCUT2D eigenvalue weighted by atomic mass is 35.5. The predicted molar refractivity (Wildman–Crippen MR) is 109 cm³/mol. The summed E-state index contributed by atoms with van der Waals surface area (Å²) >= 11 is 0. The van der Waals surface area contributed by atoms with Gasteiger partial charge in [0.15, 0.2) is 0 Å². The first-order valence-electron chi connectivity index (χ1n) is 9.32. The number of halogens is 1. The van der Waals surface area contributed by atoms with Gasteiger partial charge in [0, 0.05) is 5.41 Å². The smallest absolute Gasteiger partial charge is 0.307 e. The van der Waals surface area contributed by atoms with Crippen molar-refractivity contribution in [3.05, 3.63) is 0 Å². The van der Waals surface area contributed by atoms with E-state index in [1.165, 1.54) is 0 Å². The van der Waals surface area contributed by atoms with Crippen molar-refractivity contribution in [3.63, 3.8) is 0 Å². The molecule has 0 aromatic rings. The van der Waals surface area contributed by atoms with E-state index in [4.69, 9.17) is 25.9 Å². The molecule has 0 heterocycles. The summed E-state index contributed by atoms with van der Waals surface area (Å²) in [6, 6.07) is 2.17. The number of hydrogen-bond donors (Lipinski definition) is 2. The van der Waals surface area contributed by atoms with Crippen LogP contribution in [0.25, 0.3) is 0 Å². The molecule has 2 aliphatic rings. The summed E-state index contributed by atoms with van der Waals surface area (Å²) < 4.78 is 10.3. The minimum atomic E-state index is -0.454. The summed E-state index contributed by atoms with van der Waals surface area (Å²) in [5.74, 6) is -0.403. The Morgan fingerprint density at radius 3 is 1.61 bits per heavy atom. The molecule has 0 bridgehead atoms. The van der Waals surface area contributed by atoms with Crippen molar-refractivity contribution in [1.82, 2.24) is 0 Å². The number of nitriles is 1. The van der Waals surface area contributed by atoms with E-state index < -0.39 is 11.2 Å². The van der Waals surface area contributed by atoms with Gasteiger partial charge < -0.3 is 15.2 Å². The van der Waals surface area contributed by atoms with Crippen LogP contribution >= 0.6 is 12.4 Å². The molecule has 2 fully saturated rings. The Morgan fingerprint density at radius 2 is 1.36 bits per heavy atom. The summed E-state index contributed by atoms with van der Waals surface area (Å²) in [5.41, 5.74) is 3.76. The maximum atomic E-state index is 11.4. The minimum absolute atomic E-state index is 0. The molecule has 2 saturated carbocycles. The molecular weight excluding hydrogens is 382 g/mol. The molecule has 0 unspecified atom stereocenters. The molecule has 0 aromatic carbocycles. The Balaban J connectivity index is 0.000000504. The Kier molecular flexibility index (Phi) is 8.54. The van der Waals surface area contributed by atoms with Crippen molar-refractivity contribution in [2.75, 3.05) is 0 Å². The molecule has 0 radical (unpaired) electrons. The van der Waals surface area contributed by atoms with Crippen molar-refractivity contribution in [2.45, 2.75) is 91.3 Å². The summed E-state index contributed by atoms with van der Waals surface area (Å²) in [4.78, 5) is 22.7. The van der Waals surface area contributed by atoms with E-state index in [-0.39, 0.29) is 53.9 Å². The van der Waals surface area contributed by atoms with Crippen molar-refractivity contribution >= 4 is 30.2 Å². The van der Waals surface area contributed by atoms with E-state index in [0.29, 0.717) is 0 Å². The lowest BCUT2D eigenvalue weighted by Crippen LogP contribution is -2.30. The van der Waals surface area contributed by atoms with Gasteiger partial charge in [-0.1, -0.05) is 0 Å². The molecule has 2 aliphatic carbocycles. The minimum Gasteiger partial charge on any atom is -0.460 e. The average Bonchev–Trinajstić information content (AvgIpc) is 3.32. The van der Waals surface area contributed by atoms with Crippen LogP contribution in [0.3, 0.4) is 0 Å². The average molecular weight is 416 g/mol. The lowest BCUT2D eigenvalue weighted by Gasteiger charge is -2.21. The van der Waals surface area contributed by atoms with Crippen molar-refractivity contribution in [2.24, 2.45) is 16.6 Å². The molecule has 8 heteroatoms. The number of nitrogens with zero attached hydrogens (tertiary/aromatic N) is 1. The molecular formula is C20H34ClN3O4. The molecule has 0 saturated heterocycles. The van der Waals surface area contributed by atoms with Crippen LogP contribution in [-0.2, 0) is 19.1 Å². The quantitative estimate of drug-likeness (QED) is 0.398. The zero-order chi connectivity index (χ0) is 21.1. The number of amidine groups is 1. The first-order valence-corrected chi connectivity index (χ1v) is 9.32. The number of nitrogens with one attached hydrogen (secondary N) is 1. The fourth-order valence-corrected chi connectivity index (χ4v) is 2.48. The molecule has 160 valence electrons. The van der Waals surface area contributed by atoms with Crippen LogP contribution < -0.4 is 5.73 Å². The second-order valence-corrected chi connectivity index (χ2v) is 9.61. The highest BCUT2D eigenvalue weighted by molar-refractivity contribution is 5.90. The second kappa shape index (κ2) is 9.13. The van der Waals surface area contributed by atoms with E-state index in [0.717, 1.165) is 25.7 Å². The molecule has 28 heavy (non-hydrogen) atoms. The fraction of sp³-hybridized carbons (Fsp3) is 0.800. The molecule has 0 spiro atoms. The monoisotopic (exact) mass is 415 g/mol. The predicted octanol–water partition coefficient (Wildman–Crippen LogP) is 3.88. The number of ether oxygens (including phenoxy) is 2. The SMILES string of the molecule is CC(C)(C)OC(=O)CC1(C#N)CC1.CC(C)(C)OC(=O)CC1(C(=N)N)CC1.Cl. The maximum Gasteiger partial charge on any atom is 0.307 e. The van der Waals surface area contributed by atoms with Gasteiger partial charge in [-0.05, 0) is 67.2 Å². The molecule has 3 N–H and O–H groups in total. The molecule has 0 amide bonds. The third kappa shape index (κ3) is 9.41. The van der Waals surface area contributed by atoms with E-state index in [2.05, 4.69) is 6.07 Å². The third-order valence-corrected chi connectivity index (χ3v) is 4.32. The molecule has 0 aromatic heterocycles. The third-order valence-electron chi connectivity index (χ3n) is 4.32. The van der Waals surface area contributed by atoms with Gasteiger partial charge in [-0.25, -0.2) is 0 Å². The van der Waals surface area contributed by atoms with Gasteiger partial charge in [-0.3, -0.25) is 15.0 Å². The Bertz CT molecular complexity index is 633. The van der Waals surface area contributed by atoms with Crippen LogP contribution in [0.4, 0.5) is 0 Å². The van der Waals surface area contributed by atoms with E-state index in [1.54, 1.807) is 0 Å². The highest BCUT2D eigenvalue weighted by Crippen LogP contribution is 2.49. The first-order chi connectivity index (χ1) is 12.1. The Morgan fingerprint density at radius 1 is 0.964 bits per heavy atom. The number of carbonyl (C=O) groups is 2. The standard InChI is InChI=1S/C10H18N2O2.C10H15NO2.ClH/c1-9(2,3)14-7(13)6-10(4-5-10)8(11)12;1-9(2,3)13-8(12)6-10(7-11)4-5-10;/h4-6H2,1-3H3,(H3,11,12);4-6H2,1-3H3;1H. The fourth-order valence-electron chi connectivity index (χ4n) is 2.48.